The number of rotatable bonds is 4. The summed E-state index contributed by atoms with van der Waals surface area (Å²) >= 11 is 1.20. The molecule has 2 heterocycles. The molecular formula is C9H16ClN3O2S2. The third-order valence-corrected chi connectivity index (χ3v) is 5.39. The largest absolute Gasteiger partial charge is 0.316 e. The van der Waals surface area contributed by atoms with E-state index in [1.165, 1.54) is 17.5 Å². The molecule has 1 atom stereocenters. The van der Waals surface area contributed by atoms with Crippen LogP contribution in [0.4, 0.5) is 0 Å². The highest BCUT2D eigenvalue weighted by molar-refractivity contribution is 7.91. The molecule has 2 N–H and O–H groups in total. The van der Waals surface area contributed by atoms with E-state index in [0.717, 1.165) is 24.5 Å². The number of hydrogen-bond donors (Lipinski definition) is 2. The average Bonchev–Trinajstić information content (AvgIpc) is 2.85. The predicted molar refractivity (Wildman–Crippen MR) is 70.3 cm³/mol. The first-order chi connectivity index (χ1) is 7.58. The molecule has 98 valence electrons. The summed E-state index contributed by atoms with van der Waals surface area (Å²) < 4.78 is 26.6. The fourth-order valence-electron chi connectivity index (χ4n) is 1.65. The summed E-state index contributed by atoms with van der Waals surface area (Å²) in [6.07, 6.45) is 2.44. The third-order valence-electron chi connectivity index (χ3n) is 2.59. The van der Waals surface area contributed by atoms with Gasteiger partial charge in [0.25, 0.3) is 10.0 Å². The van der Waals surface area contributed by atoms with Gasteiger partial charge in [0.1, 0.15) is 0 Å². The van der Waals surface area contributed by atoms with Crippen LogP contribution in [0.3, 0.4) is 0 Å². The quantitative estimate of drug-likeness (QED) is 0.861. The van der Waals surface area contributed by atoms with E-state index in [0.29, 0.717) is 16.7 Å². The van der Waals surface area contributed by atoms with Crippen molar-refractivity contribution in [1.29, 1.82) is 0 Å². The van der Waals surface area contributed by atoms with Gasteiger partial charge in [0.05, 0.1) is 11.2 Å². The molecule has 17 heavy (non-hydrogen) atoms. The molecule has 5 nitrogen and oxygen atoms in total. The molecule has 0 bridgehead atoms. The summed E-state index contributed by atoms with van der Waals surface area (Å²) in [6, 6.07) is 0. The number of sulfonamides is 1. The fourth-order valence-corrected chi connectivity index (χ4v) is 3.92. The first kappa shape index (κ1) is 14.8. The van der Waals surface area contributed by atoms with Crippen LogP contribution in [0.25, 0.3) is 0 Å². The van der Waals surface area contributed by atoms with E-state index >= 15 is 0 Å². The molecule has 0 amide bonds. The lowest BCUT2D eigenvalue weighted by molar-refractivity contribution is 0.540. The number of aromatic nitrogens is 1. The Balaban J connectivity index is 0.00000144. The van der Waals surface area contributed by atoms with Gasteiger partial charge >= 0.3 is 0 Å². The summed E-state index contributed by atoms with van der Waals surface area (Å²) in [5.41, 5.74) is 0. The lowest BCUT2D eigenvalue weighted by Gasteiger charge is -2.09. The van der Waals surface area contributed by atoms with E-state index in [-0.39, 0.29) is 12.4 Å². The van der Waals surface area contributed by atoms with E-state index in [2.05, 4.69) is 15.0 Å². The molecule has 1 saturated heterocycles. The minimum Gasteiger partial charge on any atom is -0.316 e. The Morgan fingerprint density at radius 2 is 2.41 bits per heavy atom. The van der Waals surface area contributed by atoms with Crippen LogP contribution in [0.2, 0.25) is 0 Å². The van der Waals surface area contributed by atoms with Crippen molar-refractivity contribution in [3.05, 3.63) is 11.2 Å². The van der Waals surface area contributed by atoms with Gasteiger partial charge in [-0.25, -0.2) is 18.1 Å². The lowest BCUT2D eigenvalue weighted by Crippen LogP contribution is -2.29. The number of aryl methyl sites for hydroxylation is 1. The first-order valence-electron chi connectivity index (χ1n) is 5.21. The second-order valence-electron chi connectivity index (χ2n) is 3.91. The van der Waals surface area contributed by atoms with Crippen LogP contribution >= 0.6 is 23.7 Å². The summed E-state index contributed by atoms with van der Waals surface area (Å²) in [5.74, 6) is 0.406. The highest BCUT2D eigenvalue weighted by Crippen LogP contribution is 2.18. The molecule has 2 rings (SSSR count). The number of nitrogens with one attached hydrogen (secondary N) is 2. The Bertz CT molecular complexity index is 455. The first-order valence-corrected chi connectivity index (χ1v) is 7.51. The zero-order valence-corrected chi connectivity index (χ0v) is 11.9. The summed E-state index contributed by atoms with van der Waals surface area (Å²) in [4.78, 5) is 3.95. The number of halogens is 1. The van der Waals surface area contributed by atoms with E-state index in [4.69, 9.17) is 0 Å². The second-order valence-corrected chi connectivity index (χ2v) is 7.14. The molecule has 0 saturated carbocycles. The van der Waals surface area contributed by atoms with Crippen LogP contribution < -0.4 is 10.0 Å². The van der Waals surface area contributed by atoms with Crippen LogP contribution in [-0.4, -0.2) is 33.0 Å². The van der Waals surface area contributed by atoms with E-state index in [1.807, 2.05) is 0 Å². The second kappa shape index (κ2) is 6.10. The topological polar surface area (TPSA) is 71.1 Å². The van der Waals surface area contributed by atoms with Crippen LogP contribution in [0.5, 0.6) is 0 Å². The van der Waals surface area contributed by atoms with Gasteiger partial charge in [-0.3, -0.25) is 0 Å². The maximum absolute atomic E-state index is 11.8. The highest BCUT2D eigenvalue weighted by atomic mass is 35.5. The van der Waals surface area contributed by atoms with Gasteiger partial charge in [0.2, 0.25) is 0 Å². The van der Waals surface area contributed by atoms with Crippen molar-refractivity contribution in [2.45, 2.75) is 17.6 Å². The minimum absolute atomic E-state index is 0. The Morgan fingerprint density at radius 1 is 1.65 bits per heavy atom. The molecule has 1 aromatic heterocycles. The van der Waals surface area contributed by atoms with Gasteiger partial charge in [-0.15, -0.1) is 23.7 Å². The monoisotopic (exact) mass is 297 g/mol. The Kier molecular flexibility index (Phi) is 5.33. The minimum atomic E-state index is -3.35. The van der Waals surface area contributed by atoms with Gasteiger partial charge in [-0.2, -0.15) is 0 Å². The van der Waals surface area contributed by atoms with Crippen molar-refractivity contribution in [2.24, 2.45) is 5.92 Å². The van der Waals surface area contributed by atoms with Gasteiger partial charge in [0.15, 0.2) is 4.21 Å². The summed E-state index contributed by atoms with van der Waals surface area (Å²) in [6.45, 7) is 4.17. The molecule has 1 aromatic rings. The van der Waals surface area contributed by atoms with E-state index < -0.39 is 10.0 Å². The molecule has 8 heteroatoms. The number of hydrogen-bond acceptors (Lipinski definition) is 5. The van der Waals surface area contributed by atoms with Crippen molar-refractivity contribution in [2.75, 3.05) is 19.6 Å². The summed E-state index contributed by atoms with van der Waals surface area (Å²) in [5, 5.41) is 3.97. The zero-order valence-electron chi connectivity index (χ0n) is 9.47. The van der Waals surface area contributed by atoms with Crippen LogP contribution in [0, 0.1) is 12.8 Å². The predicted octanol–water partition coefficient (Wildman–Crippen LogP) is 0.761. The Labute approximate surface area is 111 Å². The fraction of sp³-hybridized carbons (Fsp3) is 0.667. The van der Waals surface area contributed by atoms with Gasteiger partial charge in [0, 0.05) is 6.54 Å². The normalized spacial score (nSPS) is 20.2. The van der Waals surface area contributed by atoms with Crippen LogP contribution in [0.15, 0.2) is 10.4 Å². The smallest absolute Gasteiger partial charge is 0.251 e. The van der Waals surface area contributed by atoms with Crippen molar-refractivity contribution in [1.82, 2.24) is 15.0 Å². The van der Waals surface area contributed by atoms with Gasteiger partial charge < -0.3 is 5.32 Å². The molecule has 0 spiro atoms. The molecule has 1 fully saturated rings. The van der Waals surface area contributed by atoms with Gasteiger partial charge in [-0.05, 0) is 32.4 Å². The lowest BCUT2D eigenvalue weighted by atomic mass is 10.1. The summed E-state index contributed by atoms with van der Waals surface area (Å²) in [7, 11) is -3.35. The average molecular weight is 298 g/mol. The van der Waals surface area contributed by atoms with Crippen LogP contribution in [-0.2, 0) is 10.0 Å². The van der Waals surface area contributed by atoms with Crippen molar-refractivity contribution < 1.29 is 8.42 Å². The van der Waals surface area contributed by atoms with E-state index in [1.54, 1.807) is 6.92 Å². The van der Waals surface area contributed by atoms with Gasteiger partial charge in [-0.1, -0.05) is 0 Å². The third kappa shape index (κ3) is 3.89. The molecule has 1 aliphatic heterocycles. The molecular weight excluding hydrogens is 282 g/mol. The Hall–Kier alpha value is -0.210. The van der Waals surface area contributed by atoms with Crippen molar-refractivity contribution in [3.8, 4) is 0 Å². The zero-order chi connectivity index (χ0) is 11.6. The molecule has 0 radical (unpaired) electrons. The maximum Gasteiger partial charge on any atom is 0.251 e. The maximum atomic E-state index is 11.8. The highest BCUT2D eigenvalue weighted by Gasteiger charge is 2.20. The number of nitrogens with zero attached hydrogens (tertiary/aromatic N) is 1. The standard InChI is InChI=1S/C9H15N3O2S2.ClH/c1-7-11-6-9(15-7)16(13,14)12-5-8-2-3-10-4-8;/h6,8,10,12H,2-5H2,1H3;1H. The molecule has 1 unspecified atom stereocenters. The molecule has 0 aromatic carbocycles. The number of thiazole rings is 1. The van der Waals surface area contributed by atoms with E-state index in [9.17, 15) is 8.42 Å². The molecule has 1 aliphatic rings. The van der Waals surface area contributed by atoms with Crippen molar-refractivity contribution >= 4 is 33.8 Å². The van der Waals surface area contributed by atoms with Crippen molar-refractivity contribution in [3.63, 3.8) is 0 Å². The SMILES string of the molecule is Cc1ncc(S(=O)(=O)NCC2CCNC2)s1.Cl. The van der Waals surface area contributed by atoms with Crippen LogP contribution in [0.1, 0.15) is 11.4 Å². The molecule has 0 aliphatic carbocycles. The Morgan fingerprint density at radius 3 is 2.94 bits per heavy atom.